The highest BCUT2D eigenvalue weighted by Gasteiger charge is 2.16. The summed E-state index contributed by atoms with van der Waals surface area (Å²) in [5.41, 5.74) is 5.71. The van der Waals surface area contributed by atoms with Crippen LogP contribution in [0.4, 0.5) is 0 Å². The zero-order valence-corrected chi connectivity index (χ0v) is 10.9. The Morgan fingerprint density at radius 2 is 2.12 bits per heavy atom. The van der Waals surface area contributed by atoms with Gasteiger partial charge in [0.1, 0.15) is 0 Å². The summed E-state index contributed by atoms with van der Waals surface area (Å²) < 4.78 is 2.72. The van der Waals surface area contributed by atoms with Gasteiger partial charge >= 0.3 is 0 Å². The monoisotopic (exact) mass is 240 g/mol. The first-order valence-electron chi connectivity index (χ1n) is 5.20. The van der Waals surface area contributed by atoms with E-state index < -0.39 is 6.04 Å². The van der Waals surface area contributed by atoms with Gasteiger partial charge < -0.3 is 5.73 Å². The Morgan fingerprint density at radius 1 is 1.50 bits per heavy atom. The van der Waals surface area contributed by atoms with Crippen LogP contribution in [0.2, 0.25) is 0 Å². The zero-order valence-electron chi connectivity index (χ0n) is 10.1. The maximum atomic E-state index is 11.6. The molecule has 3 nitrogen and oxygen atoms in total. The summed E-state index contributed by atoms with van der Waals surface area (Å²) in [4.78, 5) is 12.5. The van der Waals surface area contributed by atoms with Crippen LogP contribution in [-0.2, 0) is 4.79 Å². The van der Waals surface area contributed by atoms with Crippen LogP contribution in [0.1, 0.15) is 20.8 Å². The number of amides is 1. The summed E-state index contributed by atoms with van der Waals surface area (Å²) in [5.74, 6) is -0.0198. The highest BCUT2D eigenvalue weighted by atomic mass is 32.2. The van der Waals surface area contributed by atoms with E-state index >= 15 is 0 Å². The summed E-state index contributed by atoms with van der Waals surface area (Å²) in [6, 6.07) is -0.469. The number of allylic oxidation sites excluding steroid dienone is 4. The van der Waals surface area contributed by atoms with Gasteiger partial charge in [-0.2, -0.15) is 0 Å². The van der Waals surface area contributed by atoms with Crippen LogP contribution in [0.15, 0.2) is 35.8 Å². The Bertz CT molecular complexity index is 295. The molecule has 0 rings (SSSR count). The van der Waals surface area contributed by atoms with Crippen molar-refractivity contribution >= 4 is 17.9 Å². The molecule has 0 aromatic heterocycles. The highest BCUT2D eigenvalue weighted by molar-refractivity contribution is 8.01. The number of nitrogens with one attached hydrogen (secondary N) is 1. The average molecular weight is 240 g/mol. The average Bonchev–Trinajstić information content (AvgIpc) is 2.24. The van der Waals surface area contributed by atoms with E-state index in [4.69, 9.17) is 5.73 Å². The SMILES string of the molecule is C=C/C=C(\C=C/C)SNC(=O)C(N)C(C)C. The van der Waals surface area contributed by atoms with Gasteiger partial charge in [0, 0.05) is 4.91 Å². The molecule has 1 unspecified atom stereocenters. The zero-order chi connectivity index (χ0) is 12.6. The van der Waals surface area contributed by atoms with E-state index in [9.17, 15) is 4.79 Å². The largest absolute Gasteiger partial charge is 0.320 e. The maximum absolute atomic E-state index is 11.6. The molecular formula is C12H20N2OS. The van der Waals surface area contributed by atoms with Crippen LogP contribution in [0, 0.1) is 5.92 Å². The molecule has 0 saturated heterocycles. The molecule has 4 heteroatoms. The van der Waals surface area contributed by atoms with Gasteiger partial charge in [0.15, 0.2) is 0 Å². The van der Waals surface area contributed by atoms with E-state index in [-0.39, 0.29) is 11.8 Å². The predicted molar refractivity (Wildman–Crippen MR) is 71.6 cm³/mol. The van der Waals surface area contributed by atoms with E-state index in [1.54, 1.807) is 6.08 Å². The van der Waals surface area contributed by atoms with E-state index in [1.165, 1.54) is 11.9 Å². The van der Waals surface area contributed by atoms with Gasteiger partial charge in [-0.15, -0.1) is 0 Å². The van der Waals surface area contributed by atoms with E-state index in [1.807, 2.05) is 39.0 Å². The molecule has 16 heavy (non-hydrogen) atoms. The molecule has 0 saturated carbocycles. The Labute approximate surface area is 102 Å². The molecule has 1 atom stereocenters. The van der Waals surface area contributed by atoms with Crippen LogP contribution in [-0.4, -0.2) is 11.9 Å². The second-order valence-electron chi connectivity index (χ2n) is 3.64. The summed E-state index contributed by atoms with van der Waals surface area (Å²) >= 11 is 1.25. The van der Waals surface area contributed by atoms with Gasteiger partial charge in [-0.05, 0) is 30.9 Å². The molecule has 0 aliphatic heterocycles. The lowest BCUT2D eigenvalue weighted by atomic mass is 10.1. The number of hydrogen-bond donors (Lipinski definition) is 2. The van der Waals surface area contributed by atoms with Crippen molar-refractivity contribution in [3.63, 3.8) is 0 Å². The van der Waals surface area contributed by atoms with Gasteiger partial charge in [0.05, 0.1) is 6.04 Å². The molecule has 0 aliphatic rings. The normalized spacial score (nSPS) is 14.2. The molecule has 0 aliphatic carbocycles. The Hall–Kier alpha value is -1.00. The van der Waals surface area contributed by atoms with E-state index in [2.05, 4.69) is 11.3 Å². The van der Waals surface area contributed by atoms with Crippen molar-refractivity contribution in [3.05, 3.63) is 35.8 Å². The van der Waals surface area contributed by atoms with Gasteiger partial charge in [0.25, 0.3) is 0 Å². The van der Waals surface area contributed by atoms with Gasteiger partial charge in [-0.1, -0.05) is 38.7 Å². The molecule has 0 bridgehead atoms. The lowest BCUT2D eigenvalue weighted by molar-refractivity contribution is -0.121. The molecule has 3 N–H and O–H groups in total. The van der Waals surface area contributed by atoms with Crippen molar-refractivity contribution in [1.29, 1.82) is 0 Å². The lowest BCUT2D eigenvalue weighted by Crippen LogP contribution is -2.41. The Balaban J connectivity index is 4.27. The quantitative estimate of drug-likeness (QED) is 0.553. The van der Waals surface area contributed by atoms with Gasteiger partial charge in [0.2, 0.25) is 5.91 Å². The third kappa shape index (κ3) is 5.78. The number of nitrogens with two attached hydrogens (primary N) is 1. The highest BCUT2D eigenvalue weighted by Crippen LogP contribution is 2.14. The summed E-state index contributed by atoms with van der Waals surface area (Å²) in [5, 5.41) is 0. The fraction of sp³-hybridized carbons (Fsp3) is 0.417. The first-order chi connectivity index (χ1) is 7.52. The second-order valence-corrected chi connectivity index (χ2v) is 4.52. The fourth-order valence-electron chi connectivity index (χ4n) is 0.884. The molecular weight excluding hydrogens is 220 g/mol. The van der Waals surface area contributed by atoms with E-state index in [0.29, 0.717) is 0 Å². The number of carbonyl (C=O) groups excluding carboxylic acids is 1. The third-order valence-electron chi connectivity index (χ3n) is 1.90. The second kappa shape index (κ2) is 8.19. The number of rotatable bonds is 6. The minimum Gasteiger partial charge on any atom is -0.320 e. The summed E-state index contributed by atoms with van der Waals surface area (Å²) in [6.07, 6.45) is 7.30. The minimum atomic E-state index is -0.469. The summed E-state index contributed by atoms with van der Waals surface area (Å²) in [7, 11) is 0. The van der Waals surface area contributed by atoms with Gasteiger partial charge in [-0.3, -0.25) is 9.52 Å². The molecule has 1 amide bonds. The Morgan fingerprint density at radius 3 is 2.56 bits per heavy atom. The number of hydrogen-bond acceptors (Lipinski definition) is 3. The van der Waals surface area contributed by atoms with Gasteiger partial charge in [-0.25, -0.2) is 0 Å². The molecule has 0 aromatic carbocycles. The maximum Gasteiger partial charge on any atom is 0.247 e. The van der Waals surface area contributed by atoms with Crippen molar-refractivity contribution in [3.8, 4) is 0 Å². The Kier molecular flexibility index (Phi) is 7.68. The molecule has 0 aromatic rings. The molecule has 0 radical (unpaired) electrons. The first-order valence-corrected chi connectivity index (χ1v) is 6.02. The molecule has 0 spiro atoms. The topological polar surface area (TPSA) is 55.1 Å². The third-order valence-corrected chi connectivity index (χ3v) is 2.71. The van der Waals surface area contributed by atoms with Crippen molar-refractivity contribution < 1.29 is 4.79 Å². The lowest BCUT2D eigenvalue weighted by Gasteiger charge is -2.14. The van der Waals surface area contributed by atoms with Crippen LogP contribution >= 0.6 is 11.9 Å². The van der Waals surface area contributed by atoms with Crippen LogP contribution < -0.4 is 10.5 Å². The standard InChI is InChI=1S/C12H20N2OS/c1-5-7-10(8-6-2)16-14-12(15)11(13)9(3)4/h5-9,11H,1,13H2,2-4H3,(H,14,15)/b8-6-,10-7+. The summed E-state index contributed by atoms with van der Waals surface area (Å²) in [6.45, 7) is 9.36. The molecule has 0 heterocycles. The van der Waals surface area contributed by atoms with Crippen molar-refractivity contribution in [2.45, 2.75) is 26.8 Å². The molecule has 90 valence electrons. The molecule has 0 fully saturated rings. The van der Waals surface area contributed by atoms with Crippen molar-refractivity contribution in [2.75, 3.05) is 0 Å². The number of carbonyl (C=O) groups is 1. The van der Waals surface area contributed by atoms with Crippen LogP contribution in [0.5, 0.6) is 0 Å². The van der Waals surface area contributed by atoms with Crippen molar-refractivity contribution in [2.24, 2.45) is 11.7 Å². The predicted octanol–water partition coefficient (Wildman–Crippen LogP) is 2.38. The first kappa shape index (κ1) is 15.0. The smallest absolute Gasteiger partial charge is 0.247 e. The minimum absolute atomic E-state index is 0.133. The van der Waals surface area contributed by atoms with Crippen LogP contribution in [0.25, 0.3) is 0 Å². The van der Waals surface area contributed by atoms with Crippen molar-refractivity contribution in [1.82, 2.24) is 4.72 Å². The van der Waals surface area contributed by atoms with E-state index in [0.717, 1.165) is 4.91 Å². The fourth-order valence-corrected chi connectivity index (χ4v) is 1.61. The van der Waals surface area contributed by atoms with Crippen LogP contribution in [0.3, 0.4) is 0 Å².